The van der Waals surface area contributed by atoms with Crippen molar-refractivity contribution in [2.45, 2.75) is 39.0 Å². The van der Waals surface area contributed by atoms with Crippen LogP contribution in [0.4, 0.5) is 5.69 Å². The Balaban J connectivity index is 2.29. The van der Waals surface area contributed by atoms with Crippen LogP contribution < -0.4 is 4.90 Å². The summed E-state index contributed by atoms with van der Waals surface area (Å²) in [6, 6.07) is 4.09. The number of fused-ring (bicyclic) bond motifs is 1. The van der Waals surface area contributed by atoms with Crippen LogP contribution in [-0.2, 0) is 16.0 Å². The molecule has 0 spiro atoms. The van der Waals surface area contributed by atoms with Crippen LogP contribution in [0, 0.1) is 0 Å². The highest BCUT2D eigenvalue weighted by Gasteiger charge is 2.24. The predicted octanol–water partition coefficient (Wildman–Crippen LogP) is 3.33. The van der Waals surface area contributed by atoms with Gasteiger partial charge in [0.2, 0.25) is 5.91 Å². The van der Waals surface area contributed by atoms with Gasteiger partial charge in [-0.15, -0.1) is 0 Å². The molecular weight excluding hydrogens is 322 g/mol. The van der Waals surface area contributed by atoms with Gasteiger partial charge in [-0.3, -0.25) is 9.59 Å². The summed E-state index contributed by atoms with van der Waals surface area (Å²) in [7, 11) is 0. The minimum atomic E-state index is -0.778. The van der Waals surface area contributed by atoms with E-state index in [9.17, 15) is 9.59 Å². The van der Waals surface area contributed by atoms with Crippen molar-refractivity contribution >= 4 is 33.5 Å². The maximum Gasteiger partial charge on any atom is 0.303 e. The van der Waals surface area contributed by atoms with E-state index in [4.69, 9.17) is 5.11 Å². The molecule has 0 saturated carbocycles. The molecule has 1 aromatic rings. The number of anilines is 1. The molecule has 0 fully saturated rings. The molecular formula is C15H18BrNO3. The molecule has 0 radical (unpaired) electrons. The summed E-state index contributed by atoms with van der Waals surface area (Å²) in [6.07, 6.45) is 1.62. The molecule has 1 atom stereocenters. The second kappa shape index (κ2) is 5.95. The summed E-state index contributed by atoms with van der Waals surface area (Å²) in [5.74, 6) is -0.588. The van der Waals surface area contributed by atoms with Crippen LogP contribution in [0.15, 0.2) is 16.6 Å². The highest BCUT2D eigenvalue weighted by molar-refractivity contribution is 9.10. The number of aliphatic carboxylic acids is 1. The number of carboxylic acids is 1. The van der Waals surface area contributed by atoms with E-state index in [-0.39, 0.29) is 18.2 Å². The number of nitrogens with zero attached hydrogens (tertiary/aromatic N) is 1. The SMILES string of the molecule is CC(=O)N1CCc2cc(Br)c(C(C)CCC(=O)O)cc21. The van der Waals surface area contributed by atoms with Crippen LogP contribution in [0.5, 0.6) is 0 Å². The first-order valence-electron chi connectivity index (χ1n) is 6.72. The molecule has 1 amide bonds. The van der Waals surface area contributed by atoms with Gasteiger partial charge in [-0.2, -0.15) is 0 Å². The normalized spacial score (nSPS) is 15.1. The van der Waals surface area contributed by atoms with Crippen LogP contribution in [0.25, 0.3) is 0 Å². The maximum absolute atomic E-state index is 11.6. The lowest BCUT2D eigenvalue weighted by Gasteiger charge is -2.19. The Morgan fingerprint density at radius 3 is 2.75 bits per heavy atom. The average molecular weight is 340 g/mol. The molecule has 1 aromatic carbocycles. The first-order valence-corrected chi connectivity index (χ1v) is 7.51. The third kappa shape index (κ3) is 3.03. The van der Waals surface area contributed by atoms with Gasteiger partial charge in [0.05, 0.1) is 0 Å². The van der Waals surface area contributed by atoms with Crippen molar-refractivity contribution in [2.24, 2.45) is 0 Å². The summed E-state index contributed by atoms with van der Waals surface area (Å²) in [5, 5.41) is 8.78. The fraction of sp³-hybridized carbons (Fsp3) is 0.467. The quantitative estimate of drug-likeness (QED) is 0.915. The largest absolute Gasteiger partial charge is 0.481 e. The van der Waals surface area contributed by atoms with Crippen LogP contribution in [-0.4, -0.2) is 23.5 Å². The molecule has 1 N–H and O–H groups in total. The van der Waals surface area contributed by atoms with E-state index in [1.165, 1.54) is 5.56 Å². The number of carbonyl (C=O) groups excluding carboxylic acids is 1. The number of amides is 1. The van der Waals surface area contributed by atoms with E-state index in [1.54, 1.807) is 11.8 Å². The van der Waals surface area contributed by atoms with Crippen molar-refractivity contribution in [1.29, 1.82) is 0 Å². The predicted molar refractivity (Wildman–Crippen MR) is 81.2 cm³/mol. The van der Waals surface area contributed by atoms with Crippen molar-refractivity contribution in [3.05, 3.63) is 27.7 Å². The van der Waals surface area contributed by atoms with E-state index in [0.717, 1.165) is 28.7 Å². The molecule has 1 aliphatic heterocycles. The lowest BCUT2D eigenvalue weighted by atomic mass is 9.94. The minimum Gasteiger partial charge on any atom is -0.481 e. The Kier molecular flexibility index (Phi) is 4.48. The lowest BCUT2D eigenvalue weighted by molar-refractivity contribution is -0.137. The summed E-state index contributed by atoms with van der Waals surface area (Å²) < 4.78 is 1.000. The molecule has 0 saturated heterocycles. The molecule has 1 aliphatic rings. The molecule has 20 heavy (non-hydrogen) atoms. The second-order valence-electron chi connectivity index (χ2n) is 5.26. The molecule has 1 heterocycles. The van der Waals surface area contributed by atoms with Crippen molar-refractivity contribution in [3.8, 4) is 0 Å². The number of hydrogen-bond donors (Lipinski definition) is 1. The zero-order valence-electron chi connectivity index (χ0n) is 11.6. The average Bonchev–Trinajstić information content (AvgIpc) is 2.77. The number of carbonyl (C=O) groups is 2. The number of hydrogen-bond acceptors (Lipinski definition) is 2. The summed E-state index contributed by atoms with van der Waals surface area (Å²) in [4.78, 5) is 24.1. The Hall–Kier alpha value is -1.36. The van der Waals surface area contributed by atoms with Crippen LogP contribution in [0.3, 0.4) is 0 Å². The fourth-order valence-corrected chi connectivity index (χ4v) is 3.41. The number of rotatable bonds is 4. The van der Waals surface area contributed by atoms with E-state index in [1.807, 2.05) is 13.0 Å². The van der Waals surface area contributed by atoms with E-state index in [0.29, 0.717) is 6.42 Å². The summed E-state index contributed by atoms with van der Waals surface area (Å²) in [6.45, 7) is 4.32. The van der Waals surface area contributed by atoms with Gasteiger partial charge < -0.3 is 10.0 Å². The van der Waals surface area contributed by atoms with E-state index < -0.39 is 5.97 Å². The highest BCUT2D eigenvalue weighted by Crippen LogP contribution is 2.37. The molecule has 0 bridgehead atoms. The van der Waals surface area contributed by atoms with Crippen molar-refractivity contribution < 1.29 is 14.7 Å². The summed E-state index contributed by atoms with van der Waals surface area (Å²) in [5.41, 5.74) is 3.21. The molecule has 1 unspecified atom stereocenters. The second-order valence-corrected chi connectivity index (χ2v) is 6.11. The Labute approximate surface area is 126 Å². The minimum absolute atomic E-state index is 0.0511. The monoisotopic (exact) mass is 339 g/mol. The van der Waals surface area contributed by atoms with Crippen LogP contribution >= 0.6 is 15.9 Å². The van der Waals surface area contributed by atoms with Crippen LogP contribution in [0.1, 0.15) is 43.7 Å². The van der Waals surface area contributed by atoms with Gasteiger partial charge in [-0.1, -0.05) is 22.9 Å². The van der Waals surface area contributed by atoms with Gasteiger partial charge in [-0.05, 0) is 42.0 Å². The van der Waals surface area contributed by atoms with Gasteiger partial charge in [0.15, 0.2) is 0 Å². The van der Waals surface area contributed by atoms with E-state index in [2.05, 4.69) is 22.0 Å². The Bertz CT molecular complexity index is 556. The zero-order valence-corrected chi connectivity index (χ0v) is 13.2. The van der Waals surface area contributed by atoms with Crippen molar-refractivity contribution in [1.82, 2.24) is 0 Å². The number of benzene rings is 1. The smallest absolute Gasteiger partial charge is 0.303 e. The number of carboxylic acid groups (broad SMARTS) is 1. The Morgan fingerprint density at radius 1 is 1.45 bits per heavy atom. The standard InChI is InChI=1S/C15H18BrNO3/c1-9(3-4-15(19)20)12-8-14-11(7-13(12)16)5-6-17(14)10(2)18/h7-9H,3-6H2,1-2H3,(H,19,20). The third-order valence-corrected chi connectivity index (χ3v) is 4.48. The Morgan fingerprint density at radius 2 is 2.15 bits per heavy atom. The highest BCUT2D eigenvalue weighted by atomic mass is 79.9. The molecule has 0 aliphatic carbocycles. The lowest BCUT2D eigenvalue weighted by Crippen LogP contribution is -2.25. The molecule has 108 valence electrons. The van der Waals surface area contributed by atoms with Gasteiger partial charge in [-0.25, -0.2) is 0 Å². The first kappa shape index (κ1) is 15.0. The van der Waals surface area contributed by atoms with Crippen LogP contribution in [0.2, 0.25) is 0 Å². The first-order chi connectivity index (χ1) is 9.40. The topological polar surface area (TPSA) is 57.6 Å². The fourth-order valence-electron chi connectivity index (χ4n) is 2.62. The summed E-state index contributed by atoms with van der Waals surface area (Å²) >= 11 is 3.56. The van der Waals surface area contributed by atoms with Gasteiger partial charge >= 0.3 is 5.97 Å². The maximum atomic E-state index is 11.6. The molecule has 0 aromatic heterocycles. The number of halogens is 1. The van der Waals surface area contributed by atoms with Gasteiger partial charge in [0.1, 0.15) is 0 Å². The van der Waals surface area contributed by atoms with Crippen molar-refractivity contribution in [3.63, 3.8) is 0 Å². The zero-order chi connectivity index (χ0) is 14.9. The van der Waals surface area contributed by atoms with Gasteiger partial charge in [0, 0.05) is 30.0 Å². The van der Waals surface area contributed by atoms with Crippen molar-refractivity contribution in [2.75, 3.05) is 11.4 Å². The van der Waals surface area contributed by atoms with E-state index >= 15 is 0 Å². The molecule has 4 nitrogen and oxygen atoms in total. The molecule has 2 rings (SSSR count). The van der Waals surface area contributed by atoms with Gasteiger partial charge in [0.25, 0.3) is 0 Å². The third-order valence-electron chi connectivity index (χ3n) is 3.80. The molecule has 5 heteroatoms.